The Bertz CT molecular complexity index is 477. The maximum atomic E-state index is 12.5. The van der Waals surface area contributed by atoms with Crippen LogP contribution in [0.3, 0.4) is 0 Å². The van der Waals surface area contributed by atoms with Gasteiger partial charge in [0, 0.05) is 12.8 Å². The minimum Gasteiger partial charge on any atom is -0.466 e. The number of carbonyl (C=O) groups excluding carboxylic acids is 2. The fourth-order valence-corrected chi connectivity index (χ4v) is 3.43. The number of hydrogen-bond acceptors (Lipinski definition) is 8. The van der Waals surface area contributed by atoms with E-state index in [1.54, 1.807) is 20.8 Å². The van der Waals surface area contributed by atoms with E-state index >= 15 is 0 Å². The minimum atomic E-state index is -1.37. The van der Waals surface area contributed by atoms with Gasteiger partial charge in [-0.3, -0.25) is 9.59 Å². The number of esters is 2. The largest absolute Gasteiger partial charge is 0.466 e. The van der Waals surface area contributed by atoms with Crippen LogP contribution in [-0.2, 0) is 28.5 Å². The second kappa shape index (κ2) is 7.35. The molecule has 0 aromatic rings. The van der Waals surface area contributed by atoms with Gasteiger partial charge in [0.25, 0.3) is 0 Å². The molecule has 0 aromatic carbocycles. The molecule has 2 fully saturated rings. The Morgan fingerprint density at radius 1 is 1.29 bits per heavy atom. The highest BCUT2D eigenvalue weighted by Crippen LogP contribution is 2.40. The van der Waals surface area contributed by atoms with Crippen LogP contribution in [-0.4, -0.2) is 65.6 Å². The van der Waals surface area contributed by atoms with Crippen LogP contribution in [0.2, 0.25) is 0 Å². The van der Waals surface area contributed by atoms with E-state index in [1.807, 2.05) is 0 Å². The van der Waals surface area contributed by atoms with Crippen molar-refractivity contribution in [1.29, 1.82) is 0 Å². The molecule has 1 heterocycles. The summed E-state index contributed by atoms with van der Waals surface area (Å²) in [6, 6.07) is 0. The van der Waals surface area contributed by atoms with Gasteiger partial charge in [-0.2, -0.15) is 0 Å². The van der Waals surface area contributed by atoms with Crippen molar-refractivity contribution in [2.75, 3.05) is 13.2 Å². The lowest BCUT2D eigenvalue weighted by Crippen LogP contribution is -2.57. The summed E-state index contributed by atoms with van der Waals surface area (Å²) in [5.41, 5.74) is 0. The van der Waals surface area contributed by atoms with Gasteiger partial charge in [-0.1, -0.05) is 0 Å². The highest BCUT2D eigenvalue weighted by molar-refractivity contribution is 5.75. The van der Waals surface area contributed by atoms with E-state index in [9.17, 15) is 19.8 Å². The number of ether oxygens (including phenoxy) is 4. The fraction of sp³-hybridized carbons (Fsp3) is 0.875. The normalized spacial score (nSPS) is 38.6. The molecule has 138 valence electrons. The molecule has 24 heavy (non-hydrogen) atoms. The first-order valence-corrected chi connectivity index (χ1v) is 8.18. The molecule has 6 atom stereocenters. The third-order valence-corrected chi connectivity index (χ3v) is 4.43. The van der Waals surface area contributed by atoms with Crippen LogP contribution in [0.4, 0.5) is 0 Å². The standard InChI is InChI=1S/C16H26O8/c1-5-21-15(20)12-9(11-7-22-16(3,4)24-11)6-10(18)13(19)14(12)23-8(2)17/h9-14,18-19H,5-7H2,1-4H3/t9-,10+,11+,12-,13+,14+/m0/s1. The topological polar surface area (TPSA) is 112 Å². The maximum absolute atomic E-state index is 12.5. The summed E-state index contributed by atoms with van der Waals surface area (Å²) < 4.78 is 21.6. The summed E-state index contributed by atoms with van der Waals surface area (Å²) in [5, 5.41) is 20.4. The molecule has 0 unspecified atom stereocenters. The molecule has 1 aliphatic heterocycles. The Morgan fingerprint density at radius 2 is 1.96 bits per heavy atom. The molecule has 1 saturated heterocycles. The number of rotatable bonds is 4. The Morgan fingerprint density at radius 3 is 2.46 bits per heavy atom. The molecule has 0 spiro atoms. The number of aliphatic hydroxyl groups is 2. The zero-order valence-corrected chi connectivity index (χ0v) is 14.4. The third-order valence-electron chi connectivity index (χ3n) is 4.43. The highest BCUT2D eigenvalue weighted by Gasteiger charge is 2.54. The number of carbonyl (C=O) groups is 2. The predicted molar refractivity (Wildman–Crippen MR) is 80.7 cm³/mol. The summed E-state index contributed by atoms with van der Waals surface area (Å²) in [6.45, 7) is 6.75. The summed E-state index contributed by atoms with van der Waals surface area (Å²) in [7, 11) is 0. The first-order valence-electron chi connectivity index (χ1n) is 8.18. The van der Waals surface area contributed by atoms with Gasteiger partial charge in [-0.15, -0.1) is 0 Å². The second-order valence-corrected chi connectivity index (χ2v) is 6.68. The molecule has 0 radical (unpaired) electrons. The molecule has 2 rings (SSSR count). The molecule has 1 aliphatic carbocycles. The quantitative estimate of drug-likeness (QED) is 0.684. The van der Waals surface area contributed by atoms with Crippen molar-refractivity contribution in [3.05, 3.63) is 0 Å². The van der Waals surface area contributed by atoms with Crippen LogP contribution in [0.25, 0.3) is 0 Å². The second-order valence-electron chi connectivity index (χ2n) is 6.68. The smallest absolute Gasteiger partial charge is 0.313 e. The van der Waals surface area contributed by atoms with Gasteiger partial charge in [-0.05, 0) is 27.2 Å². The van der Waals surface area contributed by atoms with Crippen LogP contribution < -0.4 is 0 Å². The molecule has 0 amide bonds. The molecule has 8 heteroatoms. The van der Waals surface area contributed by atoms with Crippen molar-refractivity contribution >= 4 is 11.9 Å². The summed E-state index contributed by atoms with van der Waals surface area (Å²) in [4.78, 5) is 23.9. The van der Waals surface area contributed by atoms with E-state index in [4.69, 9.17) is 18.9 Å². The molecule has 8 nitrogen and oxygen atoms in total. The molecule has 1 saturated carbocycles. The van der Waals surface area contributed by atoms with Gasteiger partial charge in [0.2, 0.25) is 0 Å². The van der Waals surface area contributed by atoms with Crippen LogP contribution in [0.5, 0.6) is 0 Å². The zero-order chi connectivity index (χ0) is 18.1. The van der Waals surface area contributed by atoms with E-state index in [0.717, 1.165) is 0 Å². The van der Waals surface area contributed by atoms with Gasteiger partial charge >= 0.3 is 11.9 Å². The molecular formula is C16H26O8. The van der Waals surface area contributed by atoms with Crippen molar-refractivity contribution < 1.29 is 38.7 Å². The van der Waals surface area contributed by atoms with E-state index in [2.05, 4.69) is 0 Å². The predicted octanol–water partition coefficient (Wildman–Crippen LogP) is -0.00940. The fourth-order valence-electron chi connectivity index (χ4n) is 3.43. The lowest BCUT2D eigenvalue weighted by atomic mass is 9.71. The van der Waals surface area contributed by atoms with E-state index in [1.165, 1.54) is 6.92 Å². The van der Waals surface area contributed by atoms with Gasteiger partial charge in [0.05, 0.1) is 25.4 Å². The van der Waals surface area contributed by atoms with Crippen molar-refractivity contribution in [1.82, 2.24) is 0 Å². The van der Waals surface area contributed by atoms with Gasteiger partial charge in [0.1, 0.15) is 18.1 Å². The van der Waals surface area contributed by atoms with Crippen molar-refractivity contribution in [2.45, 2.75) is 64.3 Å². The lowest BCUT2D eigenvalue weighted by Gasteiger charge is -2.43. The van der Waals surface area contributed by atoms with E-state index in [0.29, 0.717) is 0 Å². The first kappa shape index (κ1) is 19.1. The molecule has 0 aromatic heterocycles. The van der Waals surface area contributed by atoms with E-state index in [-0.39, 0.29) is 19.6 Å². The van der Waals surface area contributed by atoms with Crippen molar-refractivity contribution in [3.8, 4) is 0 Å². The Balaban J connectivity index is 2.30. The Hall–Kier alpha value is -1.22. The van der Waals surface area contributed by atoms with Crippen LogP contribution >= 0.6 is 0 Å². The first-order chi connectivity index (χ1) is 11.2. The minimum absolute atomic E-state index is 0.118. The van der Waals surface area contributed by atoms with Crippen LogP contribution in [0.1, 0.15) is 34.1 Å². The van der Waals surface area contributed by atoms with E-state index < -0.39 is 54.0 Å². The highest BCUT2D eigenvalue weighted by atomic mass is 16.7. The number of hydrogen-bond donors (Lipinski definition) is 2. The van der Waals surface area contributed by atoms with Gasteiger partial charge in [-0.25, -0.2) is 0 Å². The molecule has 2 N–H and O–H groups in total. The monoisotopic (exact) mass is 346 g/mol. The lowest BCUT2D eigenvalue weighted by molar-refractivity contribution is -0.202. The average Bonchev–Trinajstić information content (AvgIpc) is 2.83. The van der Waals surface area contributed by atoms with Crippen LogP contribution in [0.15, 0.2) is 0 Å². The SMILES string of the molecule is CCOC(=O)[C@H]1[C@H]([C@H]2COC(C)(C)O2)C[C@@H](O)[C@@H](O)[C@@H]1OC(C)=O. The maximum Gasteiger partial charge on any atom is 0.313 e. The Kier molecular flexibility index (Phi) is 5.85. The third kappa shape index (κ3) is 4.05. The molecule has 0 bridgehead atoms. The zero-order valence-electron chi connectivity index (χ0n) is 14.4. The van der Waals surface area contributed by atoms with Gasteiger partial charge < -0.3 is 29.2 Å². The summed E-state index contributed by atoms with van der Waals surface area (Å²) >= 11 is 0. The number of aliphatic hydroxyl groups excluding tert-OH is 2. The average molecular weight is 346 g/mol. The van der Waals surface area contributed by atoms with Crippen molar-refractivity contribution in [3.63, 3.8) is 0 Å². The van der Waals surface area contributed by atoms with Crippen LogP contribution in [0, 0.1) is 11.8 Å². The molecular weight excluding hydrogens is 320 g/mol. The summed E-state index contributed by atoms with van der Waals surface area (Å²) in [5.74, 6) is -3.48. The summed E-state index contributed by atoms with van der Waals surface area (Å²) in [6.07, 6.45) is -4.06. The van der Waals surface area contributed by atoms with Gasteiger partial charge in [0.15, 0.2) is 5.79 Å². The van der Waals surface area contributed by atoms with Crippen molar-refractivity contribution in [2.24, 2.45) is 11.8 Å². The Labute approximate surface area is 141 Å². The molecule has 2 aliphatic rings.